The molecule has 28 heavy (non-hydrogen) atoms. The van der Waals surface area contributed by atoms with E-state index in [1.165, 1.54) is 0 Å². The molecular weight excluding hydrogens is 348 g/mol. The van der Waals surface area contributed by atoms with E-state index < -0.39 is 0 Å². The fraction of sp³-hybridized carbons (Fsp3) is 0.250. The van der Waals surface area contributed by atoms with E-state index in [4.69, 9.17) is 0 Å². The number of rotatable bonds is 7. The Morgan fingerprint density at radius 2 is 1.61 bits per heavy atom. The van der Waals surface area contributed by atoms with Crippen LogP contribution in [0.5, 0.6) is 0 Å². The lowest BCUT2D eigenvalue weighted by Gasteiger charge is -2.28. The summed E-state index contributed by atoms with van der Waals surface area (Å²) in [5, 5.41) is 5.17. The molecule has 3 rings (SSSR count). The molecule has 3 aromatic carbocycles. The summed E-state index contributed by atoms with van der Waals surface area (Å²) in [6, 6.07) is 23.2. The molecule has 0 saturated carbocycles. The van der Waals surface area contributed by atoms with Crippen LogP contribution in [0.4, 0.5) is 5.69 Å². The number of nitrogens with zero attached hydrogens (tertiary/aromatic N) is 1. The predicted molar refractivity (Wildman–Crippen MR) is 114 cm³/mol. The Labute approximate surface area is 166 Å². The van der Waals surface area contributed by atoms with Gasteiger partial charge < -0.3 is 10.2 Å². The summed E-state index contributed by atoms with van der Waals surface area (Å²) in [5.41, 5.74) is 1.42. The van der Waals surface area contributed by atoms with Crippen molar-refractivity contribution in [1.29, 1.82) is 0 Å². The zero-order valence-corrected chi connectivity index (χ0v) is 16.4. The Hall–Kier alpha value is -3.14. The molecule has 4 nitrogen and oxygen atoms in total. The van der Waals surface area contributed by atoms with Crippen molar-refractivity contribution in [3.05, 3.63) is 78.4 Å². The molecular formula is C24H26N2O2. The maximum absolute atomic E-state index is 12.9. The zero-order valence-electron chi connectivity index (χ0n) is 16.4. The highest BCUT2D eigenvalue weighted by Crippen LogP contribution is 2.19. The van der Waals surface area contributed by atoms with Crippen molar-refractivity contribution in [3.63, 3.8) is 0 Å². The number of carbonyl (C=O) groups is 2. The highest BCUT2D eigenvalue weighted by Gasteiger charge is 2.21. The Balaban J connectivity index is 1.65. The number of nitrogens with one attached hydrogen (secondary N) is 1. The first kappa shape index (κ1) is 19.6. The molecule has 1 N–H and O–H groups in total. The van der Waals surface area contributed by atoms with Gasteiger partial charge in [-0.2, -0.15) is 0 Å². The summed E-state index contributed by atoms with van der Waals surface area (Å²) in [5.74, 6) is -0.127. The topological polar surface area (TPSA) is 49.4 Å². The molecule has 0 aliphatic heterocycles. The number of fused-ring (bicyclic) bond motifs is 1. The Morgan fingerprint density at radius 1 is 0.929 bits per heavy atom. The molecule has 2 amide bonds. The molecule has 0 aliphatic rings. The van der Waals surface area contributed by atoms with Gasteiger partial charge in [-0.15, -0.1) is 0 Å². The smallest absolute Gasteiger partial charge is 0.254 e. The van der Waals surface area contributed by atoms with Crippen LogP contribution in [0.1, 0.15) is 37.0 Å². The van der Waals surface area contributed by atoms with Gasteiger partial charge in [-0.25, -0.2) is 0 Å². The third-order valence-electron chi connectivity index (χ3n) is 5.02. The van der Waals surface area contributed by atoms with Crippen LogP contribution in [0.15, 0.2) is 72.8 Å². The van der Waals surface area contributed by atoms with Crippen LogP contribution < -0.4 is 5.32 Å². The van der Waals surface area contributed by atoms with Crippen LogP contribution in [-0.2, 0) is 4.79 Å². The minimum Gasteiger partial charge on any atom is -0.335 e. The minimum absolute atomic E-state index is 0.0338. The first-order valence-corrected chi connectivity index (χ1v) is 9.73. The molecule has 1 unspecified atom stereocenters. The van der Waals surface area contributed by atoms with Gasteiger partial charge in [-0.3, -0.25) is 9.59 Å². The van der Waals surface area contributed by atoms with E-state index in [1.54, 1.807) is 4.90 Å². The highest BCUT2D eigenvalue weighted by atomic mass is 16.2. The van der Waals surface area contributed by atoms with Gasteiger partial charge in [0, 0.05) is 30.3 Å². The summed E-state index contributed by atoms with van der Waals surface area (Å²) >= 11 is 0. The van der Waals surface area contributed by atoms with Crippen molar-refractivity contribution in [2.45, 2.75) is 32.7 Å². The van der Waals surface area contributed by atoms with Crippen molar-refractivity contribution in [1.82, 2.24) is 4.90 Å². The third kappa shape index (κ3) is 4.77. The maximum Gasteiger partial charge on any atom is 0.254 e. The quantitative estimate of drug-likeness (QED) is 0.625. The summed E-state index contributed by atoms with van der Waals surface area (Å²) < 4.78 is 0. The Morgan fingerprint density at radius 3 is 2.32 bits per heavy atom. The number of hydrogen-bond acceptors (Lipinski definition) is 2. The minimum atomic E-state index is -0.0931. The standard InChI is InChI=1S/C24H26N2O2/c1-3-18(2)26(24(28)20-10-5-4-6-11-20)16-15-23(27)25-22-14-13-19-9-7-8-12-21(19)17-22/h4-14,17-18H,3,15-16H2,1-2H3,(H,25,27). The fourth-order valence-corrected chi connectivity index (χ4v) is 3.20. The molecule has 0 heterocycles. The van der Waals surface area contributed by atoms with Gasteiger partial charge in [0.05, 0.1) is 0 Å². The van der Waals surface area contributed by atoms with Gasteiger partial charge >= 0.3 is 0 Å². The first-order chi connectivity index (χ1) is 13.6. The number of benzene rings is 3. The van der Waals surface area contributed by atoms with E-state index in [2.05, 4.69) is 5.32 Å². The monoisotopic (exact) mass is 374 g/mol. The fourth-order valence-electron chi connectivity index (χ4n) is 3.20. The lowest BCUT2D eigenvalue weighted by atomic mass is 10.1. The molecule has 4 heteroatoms. The van der Waals surface area contributed by atoms with Crippen LogP contribution in [-0.4, -0.2) is 29.3 Å². The second-order valence-electron chi connectivity index (χ2n) is 6.98. The van der Waals surface area contributed by atoms with Crippen LogP contribution in [0.3, 0.4) is 0 Å². The second-order valence-corrected chi connectivity index (χ2v) is 6.98. The maximum atomic E-state index is 12.9. The second kappa shape index (κ2) is 9.18. The van der Waals surface area contributed by atoms with Gasteiger partial charge in [-0.1, -0.05) is 55.5 Å². The molecule has 3 aromatic rings. The van der Waals surface area contributed by atoms with Crippen molar-refractivity contribution in [2.24, 2.45) is 0 Å². The molecule has 0 radical (unpaired) electrons. The van der Waals surface area contributed by atoms with Crippen molar-refractivity contribution >= 4 is 28.3 Å². The van der Waals surface area contributed by atoms with Crippen molar-refractivity contribution in [2.75, 3.05) is 11.9 Å². The van der Waals surface area contributed by atoms with E-state index in [1.807, 2.05) is 86.6 Å². The Kier molecular flexibility index (Phi) is 6.43. The molecule has 0 aromatic heterocycles. The molecule has 1 atom stereocenters. The lowest BCUT2D eigenvalue weighted by molar-refractivity contribution is -0.116. The SMILES string of the molecule is CCC(C)N(CCC(=O)Nc1ccc2ccccc2c1)C(=O)c1ccccc1. The normalized spacial score (nSPS) is 11.8. The van der Waals surface area contributed by atoms with Gasteiger partial charge in [0.2, 0.25) is 5.91 Å². The lowest BCUT2D eigenvalue weighted by Crippen LogP contribution is -2.40. The van der Waals surface area contributed by atoms with Crippen LogP contribution >= 0.6 is 0 Å². The van der Waals surface area contributed by atoms with E-state index in [9.17, 15) is 9.59 Å². The molecule has 0 bridgehead atoms. The zero-order chi connectivity index (χ0) is 19.9. The summed E-state index contributed by atoms with van der Waals surface area (Å²) in [7, 11) is 0. The van der Waals surface area contributed by atoms with E-state index in [0.29, 0.717) is 12.1 Å². The number of carbonyl (C=O) groups excluding carboxylic acids is 2. The third-order valence-corrected chi connectivity index (χ3v) is 5.02. The average Bonchev–Trinajstić information content (AvgIpc) is 2.74. The van der Waals surface area contributed by atoms with Gasteiger partial charge in [-0.05, 0) is 48.4 Å². The average molecular weight is 374 g/mol. The Bertz CT molecular complexity index is 953. The van der Waals surface area contributed by atoms with E-state index in [-0.39, 0.29) is 24.3 Å². The largest absolute Gasteiger partial charge is 0.335 e. The van der Waals surface area contributed by atoms with Crippen LogP contribution in [0, 0.1) is 0 Å². The highest BCUT2D eigenvalue weighted by molar-refractivity contribution is 5.96. The van der Waals surface area contributed by atoms with E-state index in [0.717, 1.165) is 22.9 Å². The van der Waals surface area contributed by atoms with Gasteiger partial charge in [0.25, 0.3) is 5.91 Å². The van der Waals surface area contributed by atoms with Crippen LogP contribution in [0.2, 0.25) is 0 Å². The predicted octanol–water partition coefficient (Wildman–Crippen LogP) is 5.11. The summed E-state index contributed by atoms with van der Waals surface area (Å²) in [4.78, 5) is 27.1. The number of amides is 2. The number of anilines is 1. The summed E-state index contributed by atoms with van der Waals surface area (Å²) in [6.07, 6.45) is 1.10. The van der Waals surface area contributed by atoms with Crippen molar-refractivity contribution < 1.29 is 9.59 Å². The van der Waals surface area contributed by atoms with Crippen molar-refractivity contribution in [3.8, 4) is 0 Å². The molecule has 0 spiro atoms. The molecule has 0 aliphatic carbocycles. The molecule has 0 saturated heterocycles. The molecule has 144 valence electrons. The number of hydrogen-bond donors (Lipinski definition) is 1. The van der Waals surface area contributed by atoms with Gasteiger partial charge in [0.1, 0.15) is 0 Å². The van der Waals surface area contributed by atoms with E-state index >= 15 is 0 Å². The van der Waals surface area contributed by atoms with Crippen LogP contribution in [0.25, 0.3) is 10.8 Å². The molecule has 0 fully saturated rings. The first-order valence-electron chi connectivity index (χ1n) is 9.73. The summed E-state index contributed by atoms with van der Waals surface area (Å²) in [6.45, 7) is 4.45. The van der Waals surface area contributed by atoms with Gasteiger partial charge in [0.15, 0.2) is 0 Å².